The van der Waals surface area contributed by atoms with Gasteiger partial charge < -0.3 is 5.32 Å². The third kappa shape index (κ3) is 2.77. The molecular weight excluding hydrogens is 217 g/mol. The van der Waals surface area contributed by atoms with Gasteiger partial charge in [-0.15, -0.1) is 11.6 Å². The molecule has 1 aromatic rings. The molecule has 0 atom stereocenters. The molecule has 0 saturated heterocycles. The van der Waals surface area contributed by atoms with Crippen molar-refractivity contribution < 1.29 is 13.2 Å². The van der Waals surface area contributed by atoms with E-state index in [1.54, 1.807) is 0 Å². The van der Waals surface area contributed by atoms with Gasteiger partial charge in [-0.05, 0) is 12.1 Å². The lowest BCUT2D eigenvalue weighted by Gasteiger charge is -2.11. The van der Waals surface area contributed by atoms with Gasteiger partial charge in [-0.3, -0.25) is 0 Å². The second-order valence-electron chi connectivity index (χ2n) is 2.51. The third-order valence-electron chi connectivity index (χ3n) is 1.50. The number of nitrogens with one attached hydrogen (secondary N) is 1. The summed E-state index contributed by atoms with van der Waals surface area (Å²) in [4.78, 5) is 3.59. The maximum Gasteiger partial charge on any atom is 0.419 e. The van der Waals surface area contributed by atoms with E-state index in [1.807, 2.05) is 0 Å². The van der Waals surface area contributed by atoms with Crippen molar-refractivity contribution in [2.45, 2.75) is 6.18 Å². The molecule has 2 nitrogen and oxygen atoms in total. The van der Waals surface area contributed by atoms with Gasteiger partial charge in [-0.1, -0.05) is 0 Å². The normalized spacial score (nSPS) is 11.4. The van der Waals surface area contributed by atoms with Gasteiger partial charge in [0.2, 0.25) is 0 Å². The molecule has 78 valence electrons. The first kappa shape index (κ1) is 11.1. The molecule has 6 heteroatoms. The quantitative estimate of drug-likeness (QED) is 0.799. The largest absolute Gasteiger partial charge is 0.419 e. The summed E-state index contributed by atoms with van der Waals surface area (Å²) < 4.78 is 37.1. The highest BCUT2D eigenvalue weighted by Gasteiger charge is 2.33. The lowest BCUT2D eigenvalue weighted by molar-refractivity contribution is -0.137. The van der Waals surface area contributed by atoms with Crippen molar-refractivity contribution in [3.05, 3.63) is 23.9 Å². The van der Waals surface area contributed by atoms with Crippen LogP contribution in [-0.2, 0) is 6.18 Å². The van der Waals surface area contributed by atoms with Gasteiger partial charge in [-0.2, -0.15) is 13.2 Å². The Labute approximate surface area is 84.1 Å². The van der Waals surface area contributed by atoms with Crippen molar-refractivity contribution in [3.8, 4) is 0 Å². The predicted octanol–water partition coefficient (Wildman–Crippen LogP) is 2.75. The average molecular weight is 225 g/mol. The van der Waals surface area contributed by atoms with E-state index >= 15 is 0 Å². The standard InChI is InChI=1S/C8H8ClF3N2/c9-3-5-14-7-6(8(10,11)12)2-1-4-13-7/h1-2,4H,3,5H2,(H,13,14). The van der Waals surface area contributed by atoms with Gasteiger partial charge in [0.05, 0.1) is 5.56 Å². The number of alkyl halides is 4. The molecule has 0 amide bonds. The maximum absolute atomic E-state index is 12.4. The van der Waals surface area contributed by atoms with Crippen LogP contribution in [-0.4, -0.2) is 17.4 Å². The van der Waals surface area contributed by atoms with E-state index in [0.29, 0.717) is 0 Å². The van der Waals surface area contributed by atoms with Gasteiger partial charge in [0.15, 0.2) is 0 Å². The molecule has 0 radical (unpaired) electrons. The number of hydrogen-bond acceptors (Lipinski definition) is 2. The van der Waals surface area contributed by atoms with Crippen LogP contribution in [0, 0.1) is 0 Å². The van der Waals surface area contributed by atoms with Crippen molar-refractivity contribution in [2.75, 3.05) is 17.7 Å². The van der Waals surface area contributed by atoms with Gasteiger partial charge >= 0.3 is 6.18 Å². The molecule has 0 aliphatic rings. The van der Waals surface area contributed by atoms with Crippen LogP contribution in [0.4, 0.5) is 19.0 Å². The topological polar surface area (TPSA) is 24.9 Å². The molecule has 1 heterocycles. The van der Waals surface area contributed by atoms with Crippen molar-refractivity contribution in [3.63, 3.8) is 0 Å². The smallest absolute Gasteiger partial charge is 0.368 e. The fourth-order valence-electron chi connectivity index (χ4n) is 0.941. The number of aromatic nitrogens is 1. The van der Waals surface area contributed by atoms with Gasteiger partial charge in [-0.25, -0.2) is 4.98 Å². The number of halogens is 4. The van der Waals surface area contributed by atoms with Gasteiger partial charge in [0.1, 0.15) is 5.82 Å². The van der Waals surface area contributed by atoms with Crippen LogP contribution < -0.4 is 5.32 Å². The Hall–Kier alpha value is -0.970. The zero-order chi connectivity index (χ0) is 10.6. The Kier molecular flexibility index (Phi) is 3.57. The van der Waals surface area contributed by atoms with Crippen LogP contribution in [0.15, 0.2) is 18.3 Å². The van der Waals surface area contributed by atoms with E-state index in [4.69, 9.17) is 11.6 Å². The van der Waals surface area contributed by atoms with E-state index in [0.717, 1.165) is 6.07 Å². The minimum atomic E-state index is -4.39. The highest BCUT2D eigenvalue weighted by Crippen LogP contribution is 2.33. The number of anilines is 1. The molecule has 0 fully saturated rings. The maximum atomic E-state index is 12.4. The molecule has 0 bridgehead atoms. The lowest BCUT2D eigenvalue weighted by atomic mass is 10.2. The first-order valence-electron chi connectivity index (χ1n) is 3.87. The lowest BCUT2D eigenvalue weighted by Crippen LogP contribution is -2.13. The highest BCUT2D eigenvalue weighted by atomic mass is 35.5. The summed E-state index contributed by atoms with van der Waals surface area (Å²) in [6.45, 7) is 0.252. The second kappa shape index (κ2) is 4.50. The highest BCUT2D eigenvalue weighted by molar-refractivity contribution is 6.18. The van der Waals surface area contributed by atoms with Crippen molar-refractivity contribution in [1.29, 1.82) is 0 Å². The van der Waals surface area contributed by atoms with E-state index in [2.05, 4.69) is 10.3 Å². The van der Waals surface area contributed by atoms with E-state index < -0.39 is 11.7 Å². The predicted molar refractivity (Wildman–Crippen MR) is 48.4 cm³/mol. The summed E-state index contributed by atoms with van der Waals surface area (Å²) in [5.41, 5.74) is -0.773. The molecule has 1 rings (SSSR count). The Morgan fingerprint density at radius 2 is 2.14 bits per heavy atom. The van der Waals surface area contributed by atoms with Crippen LogP contribution in [0.1, 0.15) is 5.56 Å². The molecule has 0 aliphatic carbocycles. The molecule has 0 saturated carbocycles. The molecule has 14 heavy (non-hydrogen) atoms. The second-order valence-corrected chi connectivity index (χ2v) is 2.89. The van der Waals surface area contributed by atoms with Crippen LogP contribution >= 0.6 is 11.6 Å². The van der Waals surface area contributed by atoms with Crippen molar-refractivity contribution in [1.82, 2.24) is 4.98 Å². The summed E-state index contributed by atoms with van der Waals surface area (Å²) in [5.74, 6) is 0.0501. The number of pyridine rings is 1. The zero-order valence-electron chi connectivity index (χ0n) is 7.11. The number of rotatable bonds is 3. The first-order valence-corrected chi connectivity index (χ1v) is 4.41. The molecule has 0 spiro atoms. The summed E-state index contributed by atoms with van der Waals surface area (Å²) in [6, 6.07) is 2.22. The average Bonchev–Trinajstić information content (AvgIpc) is 2.14. The SMILES string of the molecule is FC(F)(F)c1cccnc1NCCCl. The Bertz CT molecular complexity index is 301. The first-order chi connectivity index (χ1) is 6.55. The minimum Gasteiger partial charge on any atom is -0.368 e. The molecule has 0 aromatic carbocycles. The summed E-state index contributed by atoms with van der Waals surface area (Å²) in [5, 5.41) is 2.51. The summed E-state index contributed by atoms with van der Waals surface area (Å²) in [6.07, 6.45) is -3.09. The fraction of sp³-hybridized carbons (Fsp3) is 0.375. The van der Waals surface area contributed by atoms with Crippen LogP contribution in [0.25, 0.3) is 0 Å². The molecule has 0 unspecified atom stereocenters. The van der Waals surface area contributed by atoms with E-state index in [-0.39, 0.29) is 18.2 Å². The minimum absolute atomic E-state index is 0.180. The Balaban J connectivity index is 2.92. The Morgan fingerprint density at radius 1 is 1.43 bits per heavy atom. The molecular formula is C8H8ClF3N2. The van der Waals surface area contributed by atoms with E-state index in [9.17, 15) is 13.2 Å². The summed E-state index contributed by atoms with van der Waals surface area (Å²) in [7, 11) is 0. The Morgan fingerprint density at radius 3 is 2.71 bits per heavy atom. The van der Waals surface area contributed by atoms with Gasteiger partial charge in [0.25, 0.3) is 0 Å². The zero-order valence-corrected chi connectivity index (χ0v) is 7.86. The van der Waals surface area contributed by atoms with Crippen LogP contribution in [0.5, 0.6) is 0 Å². The van der Waals surface area contributed by atoms with Crippen LogP contribution in [0.3, 0.4) is 0 Å². The van der Waals surface area contributed by atoms with Crippen molar-refractivity contribution in [2.24, 2.45) is 0 Å². The van der Waals surface area contributed by atoms with Crippen molar-refractivity contribution >= 4 is 17.4 Å². The fourth-order valence-corrected chi connectivity index (χ4v) is 1.04. The number of hydrogen-bond donors (Lipinski definition) is 1. The molecule has 1 N–H and O–H groups in total. The van der Waals surface area contributed by atoms with E-state index in [1.165, 1.54) is 12.3 Å². The van der Waals surface area contributed by atoms with Gasteiger partial charge in [0, 0.05) is 18.6 Å². The van der Waals surface area contributed by atoms with Crippen LogP contribution in [0.2, 0.25) is 0 Å². The molecule has 1 aromatic heterocycles. The third-order valence-corrected chi connectivity index (χ3v) is 1.69. The molecule has 0 aliphatic heterocycles. The summed E-state index contributed by atoms with van der Waals surface area (Å²) >= 11 is 5.35. The number of nitrogens with zero attached hydrogens (tertiary/aromatic N) is 1. The monoisotopic (exact) mass is 224 g/mol.